The van der Waals surface area contributed by atoms with Crippen molar-refractivity contribution in [3.05, 3.63) is 59.5 Å². The number of halogens is 1. The summed E-state index contributed by atoms with van der Waals surface area (Å²) in [4.78, 5) is 4.54. The second-order valence-electron chi connectivity index (χ2n) is 5.47. The first-order valence-electron chi connectivity index (χ1n) is 7.80. The van der Waals surface area contributed by atoms with Gasteiger partial charge in [-0.25, -0.2) is 4.99 Å². The van der Waals surface area contributed by atoms with Crippen LogP contribution >= 0.6 is 24.0 Å². The maximum atomic E-state index is 5.31. The molecule has 1 aromatic heterocycles. The topological polar surface area (TPSA) is 49.6 Å². The Morgan fingerprint density at radius 1 is 1.22 bits per heavy atom. The Morgan fingerprint density at radius 3 is 2.70 bits per heavy atom. The molecule has 4 nitrogen and oxygen atoms in total. The van der Waals surface area contributed by atoms with Crippen LogP contribution in [0, 0.1) is 6.92 Å². The van der Waals surface area contributed by atoms with E-state index < -0.39 is 0 Å². The molecule has 0 saturated heterocycles. The van der Waals surface area contributed by atoms with Crippen LogP contribution in [-0.4, -0.2) is 19.0 Å². The van der Waals surface area contributed by atoms with E-state index in [1.807, 2.05) is 12.1 Å². The number of benzene rings is 1. The number of aryl methyl sites for hydroxylation is 1. The van der Waals surface area contributed by atoms with Gasteiger partial charge in [0.15, 0.2) is 5.96 Å². The fourth-order valence-electron chi connectivity index (χ4n) is 2.25. The van der Waals surface area contributed by atoms with Crippen molar-refractivity contribution in [3.63, 3.8) is 0 Å². The second-order valence-corrected chi connectivity index (χ2v) is 5.47. The van der Waals surface area contributed by atoms with E-state index in [0.717, 1.165) is 24.8 Å². The van der Waals surface area contributed by atoms with Gasteiger partial charge in [-0.15, -0.1) is 24.0 Å². The standard InChI is InChI=1S/C18H25N3O.HI/c1-4-19-18(21-13-17-9-6-10-22-17)20-12-15(3)16-8-5-7-14(2)11-16;/h5-11,15H,4,12-13H2,1-3H3,(H2,19,20,21);1H. The van der Waals surface area contributed by atoms with Gasteiger partial charge in [0.05, 0.1) is 6.26 Å². The molecule has 5 heteroatoms. The number of hydrogen-bond acceptors (Lipinski definition) is 2. The first-order chi connectivity index (χ1) is 10.7. The van der Waals surface area contributed by atoms with Crippen LogP contribution in [0.4, 0.5) is 0 Å². The van der Waals surface area contributed by atoms with Crippen LogP contribution in [-0.2, 0) is 6.54 Å². The first kappa shape index (κ1) is 19.5. The van der Waals surface area contributed by atoms with Crippen LogP contribution in [0.15, 0.2) is 52.1 Å². The maximum Gasteiger partial charge on any atom is 0.191 e. The van der Waals surface area contributed by atoms with Gasteiger partial charge in [-0.05, 0) is 37.5 Å². The SMILES string of the molecule is CCNC(=NCc1ccco1)NCC(C)c1cccc(C)c1.I. The molecule has 23 heavy (non-hydrogen) atoms. The lowest BCUT2D eigenvalue weighted by Crippen LogP contribution is -2.39. The van der Waals surface area contributed by atoms with Crippen molar-refractivity contribution in [1.82, 2.24) is 10.6 Å². The van der Waals surface area contributed by atoms with Gasteiger partial charge in [0.25, 0.3) is 0 Å². The van der Waals surface area contributed by atoms with Gasteiger partial charge >= 0.3 is 0 Å². The number of furan rings is 1. The molecule has 2 rings (SSSR count). The van der Waals surface area contributed by atoms with Gasteiger partial charge in [0, 0.05) is 13.1 Å². The lowest BCUT2D eigenvalue weighted by Gasteiger charge is -2.16. The van der Waals surface area contributed by atoms with E-state index >= 15 is 0 Å². The highest BCUT2D eigenvalue weighted by atomic mass is 127. The minimum atomic E-state index is 0. The predicted octanol–water partition coefficient (Wildman–Crippen LogP) is 4.06. The van der Waals surface area contributed by atoms with Crippen molar-refractivity contribution in [2.45, 2.75) is 33.2 Å². The summed E-state index contributed by atoms with van der Waals surface area (Å²) in [6.45, 7) is 8.63. The average molecular weight is 427 g/mol. The van der Waals surface area contributed by atoms with Gasteiger partial charge in [0.2, 0.25) is 0 Å². The van der Waals surface area contributed by atoms with Gasteiger partial charge in [-0.3, -0.25) is 0 Å². The summed E-state index contributed by atoms with van der Waals surface area (Å²) in [6.07, 6.45) is 1.67. The summed E-state index contributed by atoms with van der Waals surface area (Å²) >= 11 is 0. The van der Waals surface area contributed by atoms with E-state index in [0.29, 0.717) is 12.5 Å². The minimum Gasteiger partial charge on any atom is -0.467 e. The molecule has 1 aromatic carbocycles. The summed E-state index contributed by atoms with van der Waals surface area (Å²) in [5, 5.41) is 6.66. The number of nitrogens with zero attached hydrogens (tertiary/aromatic N) is 1. The summed E-state index contributed by atoms with van der Waals surface area (Å²) in [5.41, 5.74) is 2.64. The summed E-state index contributed by atoms with van der Waals surface area (Å²) in [7, 11) is 0. The third kappa shape index (κ3) is 6.64. The Bertz CT molecular complexity index is 596. The zero-order valence-electron chi connectivity index (χ0n) is 14.0. The maximum absolute atomic E-state index is 5.31. The van der Waals surface area contributed by atoms with Crippen LogP contribution in [0.5, 0.6) is 0 Å². The molecule has 0 aliphatic heterocycles. The Morgan fingerprint density at radius 2 is 2.04 bits per heavy atom. The van der Waals surface area contributed by atoms with E-state index in [4.69, 9.17) is 4.42 Å². The number of aliphatic imine (C=N–C) groups is 1. The molecule has 0 aliphatic carbocycles. The summed E-state index contributed by atoms with van der Waals surface area (Å²) < 4.78 is 5.31. The molecule has 0 saturated carbocycles. The zero-order chi connectivity index (χ0) is 15.8. The third-order valence-corrected chi connectivity index (χ3v) is 3.50. The molecular weight excluding hydrogens is 401 g/mol. The monoisotopic (exact) mass is 427 g/mol. The van der Waals surface area contributed by atoms with Crippen molar-refractivity contribution >= 4 is 29.9 Å². The van der Waals surface area contributed by atoms with E-state index in [1.54, 1.807) is 6.26 Å². The van der Waals surface area contributed by atoms with Crippen LogP contribution in [0.1, 0.15) is 36.7 Å². The molecule has 0 amide bonds. The van der Waals surface area contributed by atoms with Crippen LogP contribution in [0.3, 0.4) is 0 Å². The molecule has 1 unspecified atom stereocenters. The second kappa shape index (κ2) is 10.3. The lowest BCUT2D eigenvalue weighted by atomic mass is 9.99. The molecule has 126 valence electrons. The molecule has 0 fully saturated rings. The smallest absolute Gasteiger partial charge is 0.191 e. The largest absolute Gasteiger partial charge is 0.467 e. The van der Waals surface area contributed by atoms with E-state index in [-0.39, 0.29) is 24.0 Å². The fourth-order valence-corrected chi connectivity index (χ4v) is 2.25. The highest BCUT2D eigenvalue weighted by Gasteiger charge is 2.07. The number of guanidine groups is 1. The third-order valence-electron chi connectivity index (χ3n) is 3.50. The predicted molar refractivity (Wildman–Crippen MR) is 107 cm³/mol. The summed E-state index contributed by atoms with van der Waals surface area (Å²) in [5.74, 6) is 2.11. The van der Waals surface area contributed by atoms with Crippen molar-refractivity contribution in [2.24, 2.45) is 4.99 Å². The summed E-state index contributed by atoms with van der Waals surface area (Å²) in [6, 6.07) is 12.5. The van der Waals surface area contributed by atoms with Gasteiger partial charge in [0.1, 0.15) is 12.3 Å². The zero-order valence-corrected chi connectivity index (χ0v) is 16.3. The van der Waals surface area contributed by atoms with Gasteiger partial charge < -0.3 is 15.1 Å². The molecule has 0 radical (unpaired) electrons. The molecule has 0 spiro atoms. The average Bonchev–Trinajstić information content (AvgIpc) is 3.03. The quantitative estimate of drug-likeness (QED) is 0.415. The van der Waals surface area contributed by atoms with Gasteiger partial charge in [-0.2, -0.15) is 0 Å². The molecule has 2 aromatic rings. The molecule has 0 aliphatic rings. The van der Waals surface area contributed by atoms with Crippen LogP contribution in [0.25, 0.3) is 0 Å². The Balaban J connectivity index is 0.00000264. The van der Waals surface area contributed by atoms with E-state index in [9.17, 15) is 0 Å². The number of nitrogens with one attached hydrogen (secondary N) is 2. The first-order valence-corrected chi connectivity index (χ1v) is 7.80. The highest BCUT2D eigenvalue weighted by Crippen LogP contribution is 2.15. The molecule has 0 bridgehead atoms. The van der Waals surface area contributed by atoms with Crippen molar-refractivity contribution < 1.29 is 4.42 Å². The van der Waals surface area contributed by atoms with E-state index in [2.05, 4.69) is 60.7 Å². The van der Waals surface area contributed by atoms with Crippen molar-refractivity contribution in [1.29, 1.82) is 0 Å². The van der Waals surface area contributed by atoms with Crippen LogP contribution in [0.2, 0.25) is 0 Å². The number of rotatable bonds is 6. The molecule has 2 N–H and O–H groups in total. The molecule has 1 atom stereocenters. The van der Waals surface area contributed by atoms with Crippen molar-refractivity contribution in [3.8, 4) is 0 Å². The Labute approximate surface area is 155 Å². The highest BCUT2D eigenvalue weighted by molar-refractivity contribution is 14.0. The minimum absolute atomic E-state index is 0. The van der Waals surface area contributed by atoms with Crippen molar-refractivity contribution in [2.75, 3.05) is 13.1 Å². The van der Waals surface area contributed by atoms with Crippen LogP contribution < -0.4 is 10.6 Å². The lowest BCUT2D eigenvalue weighted by molar-refractivity contribution is 0.511. The number of hydrogen-bond donors (Lipinski definition) is 2. The Kier molecular flexibility index (Phi) is 8.76. The molecular formula is C18H26IN3O. The fraction of sp³-hybridized carbons (Fsp3) is 0.389. The van der Waals surface area contributed by atoms with E-state index in [1.165, 1.54) is 11.1 Å². The normalized spacial score (nSPS) is 12.4. The Hall–Kier alpha value is -1.50. The molecule has 1 heterocycles. The van der Waals surface area contributed by atoms with Gasteiger partial charge in [-0.1, -0.05) is 36.8 Å².